The van der Waals surface area contributed by atoms with E-state index in [0.717, 1.165) is 37.1 Å². The van der Waals surface area contributed by atoms with Gasteiger partial charge in [-0.3, -0.25) is 4.79 Å². The number of phenolic OH excluding ortho intramolecular Hbond substituents is 1. The van der Waals surface area contributed by atoms with Crippen LogP contribution < -0.4 is 10.2 Å². The van der Waals surface area contributed by atoms with Crippen molar-refractivity contribution in [1.29, 1.82) is 0 Å². The number of furan rings is 1. The van der Waals surface area contributed by atoms with Gasteiger partial charge in [0, 0.05) is 23.7 Å². The molecule has 156 valence electrons. The van der Waals surface area contributed by atoms with Crippen LogP contribution in [0.15, 0.2) is 59.2 Å². The van der Waals surface area contributed by atoms with Gasteiger partial charge in [0.25, 0.3) is 0 Å². The van der Waals surface area contributed by atoms with Crippen molar-refractivity contribution in [2.24, 2.45) is 0 Å². The third-order valence-electron chi connectivity index (χ3n) is 5.65. The fourth-order valence-corrected chi connectivity index (χ4v) is 3.83. The largest absolute Gasteiger partial charge is 0.507 e. The molecule has 0 radical (unpaired) electrons. The maximum absolute atomic E-state index is 12.9. The second-order valence-corrected chi connectivity index (χ2v) is 7.76. The molecule has 1 aliphatic heterocycles. The second-order valence-electron chi connectivity index (χ2n) is 7.76. The summed E-state index contributed by atoms with van der Waals surface area (Å²) >= 11 is 0. The molecule has 0 aliphatic carbocycles. The fraction of sp³-hybridized carbons (Fsp3) is 0.333. The standard InChI is InChI=1S/C24H27N3O3/c1-3-16(2)25-24(29)20-9-6-12-27(20)23-15-17(22-11-7-13-30-22)14-19(26-23)18-8-4-5-10-21(18)28/h4-5,7-8,10-11,13-16,20,28H,3,6,9,12H2,1-2H3,(H,25,29)/t16?,20-/m0/s1. The van der Waals surface area contributed by atoms with Gasteiger partial charge in [0.2, 0.25) is 5.91 Å². The van der Waals surface area contributed by atoms with Crippen LogP contribution in [0.2, 0.25) is 0 Å². The highest BCUT2D eigenvalue weighted by atomic mass is 16.3. The molecule has 2 aromatic heterocycles. The summed E-state index contributed by atoms with van der Waals surface area (Å²) in [7, 11) is 0. The molecule has 2 N–H and O–H groups in total. The second kappa shape index (κ2) is 8.61. The first-order valence-corrected chi connectivity index (χ1v) is 10.5. The van der Waals surface area contributed by atoms with Crippen LogP contribution in [0.1, 0.15) is 33.1 Å². The number of pyridine rings is 1. The van der Waals surface area contributed by atoms with Crippen LogP contribution in [-0.4, -0.2) is 34.6 Å². The number of hydrogen-bond acceptors (Lipinski definition) is 5. The first-order valence-electron chi connectivity index (χ1n) is 10.5. The molecule has 6 heteroatoms. The van der Waals surface area contributed by atoms with Crippen LogP contribution in [0.25, 0.3) is 22.6 Å². The van der Waals surface area contributed by atoms with Crippen LogP contribution in [0.5, 0.6) is 5.75 Å². The molecule has 4 rings (SSSR count). The lowest BCUT2D eigenvalue weighted by molar-refractivity contribution is -0.122. The van der Waals surface area contributed by atoms with E-state index in [1.807, 2.05) is 43.3 Å². The van der Waals surface area contributed by atoms with Gasteiger partial charge in [0.15, 0.2) is 0 Å². The van der Waals surface area contributed by atoms with Crippen LogP contribution in [0.3, 0.4) is 0 Å². The third kappa shape index (κ3) is 4.03. The smallest absolute Gasteiger partial charge is 0.242 e. The first-order chi connectivity index (χ1) is 14.6. The molecule has 3 aromatic rings. The number of rotatable bonds is 6. The van der Waals surface area contributed by atoms with Gasteiger partial charge in [0.05, 0.1) is 12.0 Å². The lowest BCUT2D eigenvalue weighted by atomic mass is 10.1. The van der Waals surface area contributed by atoms with Crippen LogP contribution in [-0.2, 0) is 4.79 Å². The van der Waals surface area contributed by atoms with Gasteiger partial charge >= 0.3 is 0 Å². The summed E-state index contributed by atoms with van der Waals surface area (Å²) in [6.07, 6.45) is 4.24. The summed E-state index contributed by atoms with van der Waals surface area (Å²) in [4.78, 5) is 19.8. The molecule has 1 aromatic carbocycles. The van der Waals surface area contributed by atoms with E-state index in [0.29, 0.717) is 17.1 Å². The molecule has 1 amide bonds. The van der Waals surface area contributed by atoms with E-state index in [-0.39, 0.29) is 23.7 Å². The van der Waals surface area contributed by atoms with Gasteiger partial charge in [-0.2, -0.15) is 0 Å². The van der Waals surface area contributed by atoms with E-state index in [4.69, 9.17) is 9.40 Å². The lowest BCUT2D eigenvalue weighted by Crippen LogP contribution is -2.46. The van der Waals surface area contributed by atoms with Crippen molar-refractivity contribution >= 4 is 11.7 Å². The Labute approximate surface area is 176 Å². The number of anilines is 1. The maximum Gasteiger partial charge on any atom is 0.242 e. The molecule has 30 heavy (non-hydrogen) atoms. The number of carbonyl (C=O) groups is 1. The minimum Gasteiger partial charge on any atom is -0.507 e. The predicted octanol–water partition coefficient (Wildman–Crippen LogP) is 4.60. The van der Waals surface area contributed by atoms with Crippen molar-refractivity contribution in [3.8, 4) is 28.3 Å². The van der Waals surface area contributed by atoms with Crippen molar-refractivity contribution < 1.29 is 14.3 Å². The number of para-hydroxylation sites is 1. The topological polar surface area (TPSA) is 78.6 Å². The van der Waals surface area contributed by atoms with Crippen LogP contribution >= 0.6 is 0 Å². The number of aromatic nitrogens is 1. The van der Waals surface area contributed by atoms with Crippen LogP contribution in [0.4, 0.5) is 5.82 Å². The zero-order valence-corrected chi connectivity index (χ0v) is 17.3. The zero-order chi connectivity index (χ0) is 21.1. The molecular formula is C24H27N3O3. The van der Waals surface area contributed by atoms with E-state index in [1.54, 1.807) is 18.4 Å². The van der Waals surface area contributed by atoms with E-state index in [9.17, 15) is 9.90 Å². The molecule has 1 unspecified atom stereocenters. The number of nitrogens with one attached hydrogen (secondary N) is 1. The molecule has 2 atom stereocenters. The zero-order valence-electron chi connectivity index (χ0n) is 17.3. The Balaban J connectivity index is 1.75. The summed E-state index contributed by atoms with van der Waals surface area (Å²) in [5.74, 6) is 1.63. The van der Waals surface area contributed by atoms with Gasteiger partial charge in [-0.05, 0) is 62.6 Å². The molecule has 0 bridgehead atoms. The molecular weight excluding hydrogens is 378 g/mol. The van der Waals surface area contributed by atoms with E-state index < -0.39 is 0 Å². The molecule has 1 fully saturated rings. The summed E-state index contributed by atoms with van der Waals surface area (Å²) < 4.78 is 5.61. The van der Waals surface area contributed by atoms with Crippen molar-refractivity contribution in [3.05, 3.63) is 54.8 Å². The molecule has 3 heterocycles. The molecule has 0 saturated carbocycles. The highest BCUT2D eigenvalue weighted by Gasteiger charge is 2.32. The predicted molar refractivity (Wildman–Crippen MR) is 117 cm³/mol. The van der Waals surface area contributed by atoms with Crippen molar-refractivity contribution in [2.45, 2.75) is 45.2 Å². The number of nitrogens with zero attached hydrogens (tertiary/aromatic N) is 2. The quantitative estimate of drug-likeness (QED) is 0.627. The van der Waals surface area contributed by atoms with Crippen molar-refractivity contribution in [2.75, 3.05) is 11.4 Å². The van der Waals surface area contributed by atoms with Gasteiger partial charge in [-0.1, -0.05) is 19.1 Å². The summed E-state index contributed by atoms with van der Waals surface area (Å²) in [6, 6.07) is 14.6. The number of hydrogen-bond donors (Lipinski definition) is 2. The Morgan fingerprint density at radius 2 is 2.13 bits per heavy atom. The Morgan fingerprint density at radius 3 is 2.87 bits per heavy atom. The number of benzene rings is 1. The highest BCUT2D eigenvalue weighted by Crippen LogP contribution is 2.35. The van der Waals surface area contributed by atoms with E-state index in [2.05, 4.69) is 17.1 Å². The molecule has 1 saturated heterocycles. The Kier molecular flexibility index (Phi) is 5.74. The van der Waals surface area contributed by atoms with Gasteiger partial charge in [-0.25, -0.2) is 4.98 Å². The Bertz CT molecular complexity index is 1020. The van der Waals surface area contributed by atoms with Crippen molar-refractivity contribution in [3.63, 3.8) is 0 Å². The lowest BCUT2D eigenvalue weighted by Gasteiger charge is -2.27. The number of amides is 1. The van der Waals surface area contributed by atoms with Crippen LogP contribution in [0, 0.1) is 0 Å². The monoisotopic (exact) mass is 405 g/mol. The Morgan fingerprint density at radius 1 is 1.30 bits per heavy atom. The maximum atomic E-state index is 12.9. The Hall–Kier alpha value is -3.28. The average Bonchev–Trinajstić information content (AvgIpc) is 3.46. The minimum atomic E-state index is -0.254. The first kappa shape index (κ1) is 20.0. The SMILES string of the molecule is CCC(C)NC(=O)[C@@H]1CCCN1c1cc(-c2ccco2)cc(-c2ccccc2O)n1. The minimum absolute atomic E-state index is 0.0381. The summed E-state index contributed by atoms with van der Waals surface area (Å²) in [5, 5.41) is 13.5. The van der Waals surface area contributed by atoms with Crippen molar-refractivity contribution in [1.82, 2.24) is 10.3 Å². The van der Waals surface area contributed by atoms with Gasteiger partial charge in [-0.15, -0.1) is 0 Å². The third-order valence-corrected chi connectivity index (χ3v) is 5.65. The number of carbonyl (C=O) groups excluding carboxylic acids is 1. The summed E-state index contributed by atoms with van der Waals surface area (Å²) in [5.41, 5.74) is 2.15. The molecule has 6 nitrogen and oxygen atoms in total. The number of phenols is 1. The fourth-order valence-electron chi connectivity index (χ4n) is 3.83. The average molecular weight is 405 g/mol. The number of aromatic hydroxyl groups is 1. The molecule has 1 aliphatic rings. The van der Waals surface area contributed by atoms with Gasteiger partial charge in [0.1, 0.15) is 23.4 Å². The summed E-state index contributed by atoms with van der Waals surface area (Å²) in [6.45, 7) is 4.83. The van der Waals surface area contributed by atoms with E-state index in [1.165, 1.54) is 0 Å². The van der Waals surface area contributed by atoms with Gasteiger partial charge < -0.3 is 19.7 Å². The molecule has 0 spiro atoms. The van der Waals surface area contributed by atoms with E-state index >= 15 is 0 Å². The highest BCUT2D eigenvalue weighted by molar-refractivity contribution is 5.86. The normalized spacial score (nSPS) is 17.1.